The van der Waals surface area contributed by atoms with Crippen LogP contribution in [-0.2, 0) is 12.8 Å². The molecule has 2 heteroatoms. The Morgan fingerprint density at radius 1 is 0.545 bits per heavy atom. The minimum absolute atomic E-state index is 0.310. The summed E-state index contributed by atoms with van der Waals surface area (Å²) < 4.78 is 0. The largest absolute Gasteiger partial charge is 0.508 e. The van der Waals surface area contributed by atoms with Gasteiger partial charge in [0.25, 0.3) is 0 Å². The first kappa shape index (κ1) is 27.3. The molecule has 2 aromatic rings. The van der Waals surface area contributed by atoms with E-state index in [0.717, 1.165) is 30.4 Å². The minimum Gasteiger partial charge on any atom is -0.508 e. The molecule has 184 valence electrons. The lowest BCUT2D eigenvalue weighted by Gasteiger charge is -2.20. The van der Waals surface area contributed by atoms with E-state index in [4.69, 9.17) is 0 Å². The van der Waals surface area contributed by atoms with Crippen LogP contribution >= 0.6 is 0 Å². The van der Waals surface area contributed by atoms with Crippen molar-refractivity contribution in [1.29, 1.82) is 0 Å². The van der Waals surface area contributed by atoms with Gasteiger partial charge in [0.05, 0.1) is 0 Å². The highest BCUT2D eigenvalue weighted by atomic mass is 16.3. The molecule has 0 bridgehead atoms. The van der Waals surface area contributed by atoms with Crippen LogP contribution in [-0.4, -0.2) is 10.2 Å². The second kappa shape index (κ2) is 15.8. The Morgan fingerprint density at radius 3 is 1.33 bits per heavy atom. The van der Waals surface area contributed by atoms with E-state index in [0.29, 0.717) is 17.4 Å². The van der Waals surface area contributed by atoms with Crippen molar-refractivity contribution in [3.05, 3.63) is 58.7 Å². The summed E-state index contributed by atoms with van der Waals surface area (Å²) in [6.45, 7) is 6.46. The Labute approximate surface area is 203 Å². The van der Waals surface area contributed by atoms with E-state index >= 15 is 0 Å². The zero-order valence-electron chi connectivity index (χ0n) is 21.5. The molecule has 0 aliphatic heterocycles. The molecule has 2 aromatic carbocycles. The smallest absolute Gasteiger partial charge is 0.118 e. The van der Waals surface area contributed by atoms with Gasteiger partial charge in [-0.2, -0.15) is 0 Å². The maximum absolute atomic E-state index is 10.2. The Bertz CT molecular complexity index is 742. The van der Waals surface area contributed by atoms with Crippen LogP contribution in [0.5, 0.6) is 11.5 Å². The van der Waals surface area contributed by atoms with Crippen molar-refractivity contribution in [2.24, 2.45) is 0 Å². The van der Waals surface area contributed by atoms with Crippen LogP contribution in [0.2, 0.25) is 0 Å². The number of unbranched alkanes of at least 4 members (excludes halogenated alkanes) is 11. The Balaban J connectivity index is 1.87. The van der Waals surface area contributed by atoms with Crippen LogP contribution in [0.25, 0.3) is 0 Å². The Kier molecular flexibility index (Phi) is 13.1. The molecule has 0 atom stereocenters. The number of hydrogen-bond acceptors (Lipinski definition) is 2. The first-order chi connectivity index (χ1) is 16.1. The summed E-state index contributed by atoms with van der Waals surface area (Å²) in [5.41, 5.74) is 4.59. The molecule has 0 spiro atoms. The summed E-state index contributed by atoms with van der Waals surface area (Å²) in [5.74, 6) is 1.10. The van der Waals surface area contributed by atoms with Gasteiger partial charge in [-0.3, -0.25) is 0 Å². The van der Waals surface area contributed by atoms with E-state index in [9.17, 15) is 10.2 Å². The van der Waals surface area contributed by atoms with Crippen molar-refractivity contribution in [2.75, 3.05) is 0 Å². The number of aryl methyl sites for hydroxylation is 2. The third-order valence-corrected chi connectivity index (χ3v) is 7.12. The lowest BCUT2D eigenvalue weighted by atomic mass is 9.84. The van der Waals surface area contributed by atoms with Crippen molar-refractivity contribution in [1.82, 2.24) is 0 Å². The van der Waals surface area contributed by atoms with Gasteiger partial charge < -0.3 is 10.2 Å². The van der Waals surface area contributed by atoms with E-state index in [-0.39, 0.29) is 0 Å². The van der Waals surface area contributed by atoms with Crippen molar-refractivity contribution >= 4 is 0 Å². The summed E-state index contributed by atoms with van der Waals surface area (Å²) >= 11 is 0. The summed E-state index contributed by atoms with van der Waals surface area (Å²) in [6, 6.07) is 12.2. The highest BCUT2D eigenvalue weighted by Crippen LogP contribution is 2.35. The predicted molar refractivity (Wildman–Crippen MR) is 143 cm³/mol. The summed E-state index contributed by atoms with van der Waals surface area (Å²) in [6.07, 6.45) is 19.1. The van der Waals surface area contributed by atoms with Crippen LogP contribution < -0.4 is 0 Å². The molecule has 0 heterocycles. The molecular weight excluding hydrogens is 404 g/mol. The van der Waals surface area contributed by atoms with Gasteiger partial charge in [0, 0.05) is 5.92 Å². The molecule has 0 aliphatic carbocycles. The second-order valence-corrected chi connectivity index (χ2v) is 9.71. The second-order valence-electron chi connectivity index (χ2n) is 9.71. The van der Waals surface area contributed by atoms with E-state index in [1.54, 1.807) is 0 Å². The number of hydrogen-bond donors (Lipinski definition) is 2. The third kappa shape index (κ3) is 9.43. The topological polar surface area (TPSA) is 40.5 Å². The Hall–Kier alpha value is -1.96. The molecule has 0 aromatic heterocycles. The highest BCUT2D eigenvalue weighted by Gasteiger charge is 2.17. The number of rotatable bonds is 17. The molecule has 0 fully saturated rings. The maximum Gasteiger partial charge on any atom is 0.118 e. The van der Waals surface area contributed by atoms with Gasteiger partial charge in [-0.25, -0.2) is 0 Å². The van der Waals surface area contributed by atoms with Crippen molar-refractivity contribution < 1.29 is 10.2 Å². The summed E-state index contributed by atoms with van der Waals surface area (Å²) in [4.78, 5) is 0. The van der Waals surface area contributed by atoms with Gasteiger partial charge >= 0.3 is 0 Å². The quantitative estimate of drug-likeness (QED) is 0.235. The van der Waals surface area contributed by atoms with E-state index in [1.165, 1.54) is 88.2 Å². The van der Waals surface area contributed by atoms with Gasteiger partial charge in [0.2, 0.25) is 0 Å². The fraction of sp³-hybridized carbons (Fsp3) is 0.613. The standard InChI is InChI=1S/C31H48O2/c1-4-7-8-9-10-11-12-13-14-15-16-17-18-29(27-19-21-30(32)25(5-2)23-27)28-20-22-31(33)26(6-3)24-28/h19-24,29,32-33H,4-18H2,1-3H3. The summed E-state index contributed by atoms with van der Waals surface area (Å²) in [7, 11) is 0. The van der Waals surface area contributed by atoms with E-state index < -0.39 is 0 Å². The van der Waals surface area contributed by atoms with Crippen LogP contribution in [0.15, 0.2) is 36.4 Å². The fourth-order valence-electron chi connectivity index (χ4n) is 4.93. The first-order valence-corrected chi connectivity index (χ1v) is 13.7. The molecule has 0 saturated heterocycles. The first-order valence-electron chi connectivity index (χ1n) is 13.7. The van der Waals surface area contributed by atoms with Crippen LogP contribution in [0.4, 0.5) is 0 Å². The third-order valence-electron chi connectivity index (χ3n) is 7.12. The zero-order valence-corrected chi connectivity index (χ0v) is 21.5. The molecule has 2 rings (SSSR count). The fourth-order valence-corrected chi connectivity index (χ4v) is 4.93. The van der Waals surface area contributed by atoms with Crippen LogP contribution in [0.3, 0.4) is 0 Å². The molecule has 33 heavy (non-hydrogen) atoms. The Morgan fingerprint density at radius 2 is 0.939 bits per heavy atom. The number of phenolic OH excluding ortho intramolecular Hbond substituents is 2. The lowest BCUT2D eigenvalue weighted by molar-refractivity contribution is 0.468. The number of aromatic hydroxyl groups is 2. The molecule has 2 N–H and O–H groups in total. The van der Waals surface area contributed by atoms with Gasteiger partial charge in [0.1, 0.15) is 11.5 Å². The van der Waals surface area contributed by atoms with Gasteiger partial charge in [-0.05, 0) is 53.6 Å². The van der Waals surface area contributed by atoms with Gasteiger partial charge in [-0.15, -0.1) is 0 Å². The average Bonchev–Trinajstić information content (AvgIpc) is 2.83. The minimum atomic E-state index is 0.310. The van der Waals surface area contributed by atoms with E-state index in [2.05, 4.69) is 45.0 Å². The van der Waals surface area contributed by atoms with Crippen LogP contribution in [0, 0.1) is 0 Å². The average molecular weight is 453 g/mol. The SMILES string of the molecule is CCCCCCCCCCCCCCC(c1ccc(O)c(CC)c1)c1ccc(O)c(CC)c1. The van der Waals surface area contributed by atoms with Crippen molar-refractivity contribution in [2.45, 2.75) is 123 Å². The molecular formula is C31H48O2. The summed E-state index contributed by atoms with van der Waals surface area (Å²) in [5, 5.41) is 20.3. The van der Waals surface area contributed by atoms with Crippen LogP contribution in [0.1, 0.15) is 132 Å². The molecule has 0 saturated carbocycles. The molecule has 0 aliphatic rings. The molecule has 2 nitrogen and oxygen atoms in total. The molecule has 0 unspecified atom stereocenters. The molecule has 0 amide bonds. The van der Waals surface area contributed by atoms with Crippen molar-refractivity contribution in [3.63, 3.8) is 0 Å². The maximum atomic E-state index is 10.2. The number of benzene rings is 2. The van der Waals surface area contributed by atoms with Crippen molar-refractivity contribution in [3.8, 4) is 11.5 Å². The van der Waals surface area contributed by atoms with Gasteiger partial charge in [0.15, 0.2) is 0 Å². The molecule has 0 radical (unpaired) electrons. The monoisotopic (exact) mass is 452 g/mol. The lowest BCUT2D eigenvalue weighted by Crippen LogP contribution is -2.03. The van der Waals surface area contributed by atoms with Gasteiger partial charge in [-0.1, -0.05) is 122 Å². The predicted octanol–water partition coefficient (Wildman–Crippen LogP) is 9.45. The number of phenols is 2. The zero-order chi connectivity index (χ0) is 23.9. The highest BCUT2D eigenvalue weighted by molar-refractivity contribution is 5.44. The van der Waals surface area contributed by atoms with E-state index in [1.807, 2.05) is 12.1 Å². The normalized spacial score (nSPS) is 11.4.